The van der Waals surface area contributed by atoms with Crippen LogP contribution in [0.2, 0.25) is 0 Å². The van der Waals surface area contributed by atoms with E-state index in [1.54, 1.807) is 124 Å². The van der Waals surface area contributed by atoms with Crippen LogP contribution in [-0.4, -0.2) is 247 Å². The molecule has 10 aromatic rings. The van der Waals surface area contributed by atoms with Crippen LogP contribution in [0.15, 0.2) is 156 Å². The first-order chi connectivity index (χ1) is 67.1. The molecule has 0 unspecified atom stereocenters. The molecule has 15 rings (SSSR count). The van der Waals surface area contributed by atoms with E-state index in [0.29, 0.717) is 143 Å². The first-order valence-corrected chi connectivity index (χ1v) is 45.6. The summed E-state index contributed by atoms with van der Waals surface area (Å²) < 4.78 is 81.6. The van der Waals surface area contributed by atoms with Gasteiger partial charge in [0.05, 0.1) is 151 Å². The molecule has 1 amide bonds. The van der Waals surface area contributed by atoms with Crippen LogP contribution in [0.5, 0.6) is 51.7 Å². The number of carbonyl (C=O) groups is 5. The lowest BCUT2D eigenvalue weighted by molar-refractivity contribution is -0.404. The molecule has 1 saturated carbocycles. The van der Waals surface area contributed by atoms with Crippen molar-refractivity contribution in [3.05, 3.63) is 216 Å². The van der Waals surface area contributed by atoms with Gasteiger partial charge in [0.15, 0.2) is 28.8 Å². The zero-order chi connectivity index (χ0) is 100. The molecule has 6 atom stereocenters. The van der Waals surface area contributed by atoms with Crippen LogP contribution in [0.1, 0.15) is 133 Å². The Hall–Kier alpha value is -14.2. The number of amides is 1. The fourth-order valence-corrected chi connectivity index (χ4v) is 16.4. The normalized spacial score (nSPS) is 16.6. The Morgan fingerprint density at radius 1 is 0.589 bits per heavy atom. The number of nitrogen functional groups attached to an aromatic ring is 3. The number of benzene rings is 7. The number of nitrogens with zero attached hydrogens (tertiary/aromatic N) is 9. The van der Waals surface area contributed by atoms with E-state index in [-0.39, 0.29) is 66.5 Å². The van der Waals surface area contributed by atoms with Gasteiger partial charge < -0.3 is 108 Å². The van der Waals surface area contributed by atoms with Crippen molar-refractivity contribution in [3.8, 4) is 51.7 Å². The number of phenolic OH excluding ortho intramolecular Hbond substituents is 1. The van der Waals surface area contributed by atoms with Crippen molar-refractivity contribution in [1.82, 2.24) is 29.7 Å². The number of furan rings is 1. The fourth-order valence-electron chi connectivity index (χ4n) is 16.4. The molecule has 1 aliphatic carbocycles. The predicted octanol–water partition coefficient (Wildman–Crippen LogP) is 15.7. The number of ether oxygens (including phenoxy) is 14. The van der Waals surface area contributed by atoms with Crippen molar-refractivity contribution in [3.63, 3.8) is 0 Å². The number of piperazine rings is 1. The summed E-state index contributed by atoms with van der Waals surface area (Å²) >= 11 is 0. The van der Waals surface area contributed by atoms with Gasteiger partial charge in [-0.25, -0.2) is 19.4 Å². The van der Waals surface area contributed by atoms with Crippen LogP contribution >= 0.6 is 24.8 Å². The summed E-state index contributed by atoms with van der Waals surface area (Å²) in [7, 11) is 12.4. The summed E-state index contributed by atoms with van der Waals surface area (Å²) in [4.78, 5) is 111. The molecule has 42 heteroatoms. The quantitative estimate of drug-likeness (QED) is 0.00485. The number of H-pyrrole nitrogens is 1. The van der Waals surface area contributed by atoms with Gasteiger partial charge in [-0.15, -0.1) is 24.8 Å². The number of aromatic nitrogens is 3. The first-order valence-electron chi connectivity index (χ1n) is 45.6. The molecule has 3 aromatic heterocycles. The molecule has 0 bridgehead atoms. The molecule has 7 aromatic carbocycles. The molecule has 0 radical (unpaired) electrons. The molecule has 7 heterocycles. The fraction of sp³-hybridized carbons (Fsp3) is 0.424. The van der Waals surface area contributed by atoms with E-state index >= 15 is 0 Å². The Balaban J connectivity index is 0.000000221. The number of anilines is 4. The van der Waals surface area contributed by atoms with Gasteiger partial charge >= 0.3 is 35.3 Å². The lowest BCUT2D eigenvalue weighted by atomic mass is 9.63. The molecule has 5 aliphatic rings. The first kappa shape index (κ1) is 112. The number of esters is 4. The third kappa shape index (κ3) is 30.9. The molecule has 141 heavy (non-hydrogen) atoms. The highest BCUT2D eigenvalue weighted by atomic mass is 35.5. The van der Waals surface area contributed by atoms with Crippen LogP contribution in [0, 0.1) is 48.1 Å². The van der Waals surface area contributed by atoms with Crippen LogP contribution in [0.4, 0.5) is 40.2 Å². The Morgan fingerprint density at radius 2 is 1.14 bits per heavy atom. The number of non-ortho nitro benzene ring substituents is 1. The van der Waals surface area contributed by atoms with E-state index in [1.807, 2.05) is 41.3 Å². The number of methoxy groups -OCH3 is 8. The van der Waals surface area contributed by atoms with Gasteiger partial charge in [-0.1, -0.05) is 40.0 Å². The highest BCUT2D eigenvalue weighted by Gasteiger charge is 2.55. The minimum atomic E-state index is -1.21. The smallest absolute Gasteiger partial charge is 0.338 e. The van der Waals surface area contributed by atoms with Gasteiger partial charge in [-0.3, -0.25) is 49.7 Å². The molecular weight excluding hydrogens is 1870 g/mol. The van der Waals surface area contributed by atoms with Crippen molar-refractivity contribution >= 4 is 123 Å². The summed E-state index contributed by atoms with van der Waals surface area (Å²) in [6.07, 6.45) is 12.7. The number of unbranched alkanes of at least 4 members (excludes halogenated alkanes) is 3. The van der Waals surface area contributed by atoms with E-state index in [4.69, 9.17) is 93.0 Å². The van der Waals surface area contributed by atoms with Crippen LogP contribution < -0.4 is 60.0 Å². The number of rotatable bonds is 33. The number of hydrogen-bond donors (Lipinski definition) is 5. The van der Waals surface area contributed by atoms with Gasteiger partial charge in [0, 0.05) is 118 Å². The second-order valence-electron chi connectivity index (χ2n) is 32.6. The average molecular weight is 2000 g/mol. The number of aromatic hydroxyl groups is 1. The molecule has 40 nitrogen and oxygen atoms in total. The lowest BCUT2D eigenvalue weighted by Crippen LogP contribution is -2.58. The number of fused-ring (bicyclic) bond motifs is 7. The largest absolute Gasteiger partial charge is 0.497 e. The average Bonchev–Trinajstić information content (AvgIpc) is 1.41. The third-order valence-corrected chi connectivity index (χ3v) is 23.8. The van der Waals surface area contributed by atoms with Crippen molar-refractivity contribution in [1.29, 1.82) is 0 Å². The van der Waals surface area contributed by atoms with E-state index in [1.165, 1.54) is 57.4 Å². The summed E-state index contributed by atoms with van der Waals surface area (Å²) in [5.74, 6) is 3.23. The minimum Gasteiger partial charge on any atom is -0.497 e. The Kier molecular flexibility index (Phi) is 44.6. The lowest BCUT2D eigenvalue weighted by Gasteiger charge is -2.52. The maximum Gasteiger partial charge on any atom is 0.338 e. The number of nitro benzene ring substituents is 3. The van der Waals surface area contributed by atoms with Gasteiger partial charge in [0.2, 0.25) is 11.7 Å². The summed E-state index contributed by atoms with van der Waals surface area (Å²) in [6, 6.07) is 39.0. The van der Waals surface area contributed by atoms with Crippen molar-refractivity contribution in [2.75, 3.05) is 178 Å². The van der Waals surface area contributed by atoms with E-state index in [0.717, 1.165) is 140 Å². The summed E-state index contributed by atoms with van der Waals surface area (Å²) in [5, 5.41) is 42.1. The standard InChI is InChI=1S/C35H42N2O9.C19H21N5O4.C17H27NO3.2C11H15NO2.C6H3N3O7.2ClH/c1-40-21-8-9-22-23-11-12-37-18-20-15-29(46-30(38)10-7-19-13-27(41-2)33(43-4)28(14-19)42-3)34(44-5)31(35(39)45-6)24(20)17-26(37)32(23)36-25(22)16-21;1-26-15-10-12-13(11-16(15)27-2)21-19(22-17(12)20)24-7-5-23(6-8-24)18(25)14-4-3-9-28-14;1-2-3-12-20-16-5-7-17(8-6-16)21-13-4-9-18-10-14-19-15-11-18;2*1-2-3-8-14-11(13)9-4-6-10(12)7-5-9;10-6-4(8(13)14)1-3(7(11)12)2-5(6)9(15)16;;/h7-10,13-14,16,20,24,26,29,31,34,36H,11-12,15,17-18H2,1-6H3;3-4,9-11H,5-8H2,1-2H3,(H2,20,21,22);5-8H,2-4,9-15H2,1H3;2*4-7H,2-3,8,12H2,1H3;1-2,10H;2*1H/b10-7+;;;;;;;/t20-,24+,26-,29-,31+,34+;;;;;;;/m1......./s1. The predicted molar refractivity (Wildman–Crippen MR) is 533 cm³/mol. The number of hydrogen-bond acceptors (Lipinski definition) is 35. The van der Waals surface area contributed by atoms with Gasteiger partial charge in [-0.05, 0) is 189 Å². The van der Waals surface area contributed by atoms with Crippen LogP contribution in [-0.2, 0) is 44.4 Å². The zero-order valence-electron chi connectivity index (χ0n) is 80.8. The van der Waals surface area contributed by atoms with Crippen molar-refractivity contribution in [2.24, 2.45) is 17.8 Å². The van der Waals surface area contributed by atoms with Gasteiger partial charge in [-0.2, -0.15) is 4.98 Å². The Bertz CT molecular complexity index is 5650. The van der Waals surface area contributed by atoms with E-state index < -0.39 is 61.7 Å². The maximum atomic E-state index is 13.4. The molecular formula is C99H125Cl2N13O27. The second kappa shape index (κ2) is 56.2. The third-order valence-electron chi connectivity index (χ3n) is 23.8. The molecule has 762 valence electrons. The van der Waals surface area contributed by atoms with Crippen LogP contribution in [0.25, 0.3) is 27.9 Å². The number of phenols is 1. The molecule has 4 aliphatic heterocycles. The van der Waals surface area contributed by atoms with Gasteiger partial charge in [0.1, 0.15) is 35.3 Å². The Labute approximate surface area is 828 Å². The summed E-state index contributed by atoms with van der Waals surface area (Å²) in [5.41, 5.74) is 21.5. The number of nitrogens with one attached hydrogen (secondary N) is 1. The number of nitrogens with two attached hydrogens (primary N) is 3. The number of nitro groups is 3. The van der Waals surface area contributed by atoms with Gasteiger partial charge in [0.25, 0.3) is 17.3 Å². The number of carbonyl (C=O) groups excluding carboxylic acids is 5. The van der Waals surface area contributed by atoms with Crippen molar-refractivity contribution in [2.45, 2.75) is 103 Å². The molecule has 0 spiro atoms. The van der Waals surface area contributed by atoms with E-state index in [2.05, 4.69) is 51.6 Å². The number of aromatic amines is 1. The highest BCUT2D eigenvalue weighted by molar-refractivity contribution is 5.94. The number of halogens is 2. The van der Waals surface area contributed by atoms with E-state index in [9.17, 15) is 54.3 Å². The number of piperidine rings is 1. The molecule has 3 saturated heterocycles. The monoisotopic (exact) mass is 2000 g/mol. The maximum absolute atomic E-state index is 13.4. The SMILES string of the molecule is CCCCOC(=O)c1ccc(N)cc1.CCCCOC(=O)c1ccc(N)cc1.CCCCOc1ccc(OCCCN2CCOCC2)cc1.COC(=O)[C@H]1[C@H]2C[C@@H]3c4[nH]c5cc(OC)ccc5c4CCN3C[C@H]2C[C@@H](OC(=O)/C=C/c2cc(OC)c(OC)c(OC)c2)[C@@H]1OC.COc1cc2nc(N3CCN(C(=O)c4ccco4)CC3)nc(N)c2cc1OC.Cl.Cl.O=[N+]([O-])c1cc([N+](=O)[O-])c(O)c([N+](=O)[O-])c1. The summed E-state index contributed by atoms with van der Waals surface area (Å²) in [6.45, 7) is 17.7. The zero-order valence-corrected chi connectivity index (χ0v) is 82.4. The Morgan fingerprint density at radius 3 is 1.65 bits per heavy atom. The highest BCUT2D eigenvalue weighted by Crippen LogP contribution is 2.51. The van der Waals surface area contributed by atoms with Crippen molar-refractivity contribution < 1.29 is 115 Å². The molecule has 8 N–H and O–H groups in total. The molecule has 4 fully saturated rings. The number of morpholine rings is 1. The topological polar surface area (TPSA) is 510 Å². The minimum absolute atomic E-state index is 0. The second-order valence-corrected chi connectivity index (χ2v) is 32.6. The van der Waals surface area contributed by atoms with Crippen LogP contribution in [0.3, 0.4) is 0 Å².